The zero-order valence-electron chi connectivity index (χ0n) is 9.37. The topological polar surface area (TPSA) is 64.3 Å². The molecule has 1 aromatic rings. The van der Waals surface area contributed by atoms with E-state index in [2.05, 4.69) is 5.32 Å². The molecule has 1 rings (SSSR count). The largest absolute Gasteiger partial charge is 0.496 e. The lowest BCUT2D eigenvalue weighted by Gasteiger charge is -2.24. The summed E-state index contributed by atoms with van der Waals surface area (Å²) in [5.41, 5.74) is 4.83. The molecule has 0 aromatic carbocycles. The van der Waals surface area contributed by atoms with Crippen molar-refractivity contribution in [3.63, 3.8) is 0 Å². The third kappa shape index (κ3) is 2.93. The van der Waals surface area contributed by atoms with Crippen molar-refractivity contribution in [2.45, 2.75) is 19.4 Å². The molecule has 6 heteroatoms. The Hall–Kier alpha value is -1.14. The predicted octanol–water partition coefficient (Wildman–Crippen LogP) is 1.55. The minimum atomic E-state index is -0.691. The first-order valence-corrected chi connectivity index (χ1v) is 5.90. The fourth-order valence-electron chi connectivity index (χ4n) is 0.952. The summed E-state index contributed by atoms with van der Waals surface area (Å²) in [6, 6.07) is 1.68. The van der Waals surface area contributed by atoms with Gasteiger partial charge in [-0.25, -0.2) is 0 Å². The van der Waals surface area contributed by atoms with E-state index >= 15 is 0 Å². The first-order chi connectivity index (χ1) is 7.36. The highest BCUT2D eigenvalue weighted by atomic mass is 32.1. The maximum atomic E-state index is 11.8. The zero-order chi connectivity index (χ0) is 12.3. The van der Waals surface area contributed by atoms with Gasteiger partial charge in [0.25, 0.3) is 5.91 Å². The third-order valence-electron chi connectivity index (χ3n) is 2.08. The number of amides is 1. The van der Waals surface area contributed by atoms with Crippen LogP contribution in [0.5, 0.6) is 5.75 Å². The molecular formula is C10H14N2O2S2. The van der Waals surface area contributed by atoms with Gasteiger partial charge in [-0.1, -0.05) is 12.2 Å². The highest BCUT2D eigenvalue weighted by Gasteiger charge is 2.24. The molecule has 0 saturated heterocycles. The molecular weight excluding hydrogens is 244 g/mol. The number of thiocarbonyl (C=S) groups is 1. The molecule has 0 radical (unpaired) electrons. The molecule has 88 valence electrons. The van der Waals surface area contributed by atoms with Gasteiger partial charge in [-0.15, -0.1) is 11.3 Å². The molecule has 1 heterocycles. The van der Waals surface area contributed by atoms with Gasteiger partial charge >= 0.3 is 0 Å². The van der Waals surface area contributed by atoms with E-state index in [0.717, 1.165) is 0 Å². The van der Waals surface area contributed by atoms with Gasteiger partial charge in [0.1, 0.15) is 5.75 Å². The van der Waals surface area contributed by atoms with Crippen molar-refractivity contribution in [2.75, 3.05) is 7.11 Å². The number of thiophene rings is 1. The molecule has 0 aliphatic carbocycles. The zero-order valence-corrected chi connectivity index (χ0v) is 11.0. The SMILES string of the molecule is COc1csc(C(=O)NC(C)(C)C(N)=S)c1. The van der Waals surface area contributed by atoms with Crippen molar-refractivity contribution in [3.8, 4) is 5.75 Å². The van der Waals surface area contributed by atoms with Crippen LogP contribution in [0.25, 0.3) is 0 Å². The molecule has 1 amide bonds. The monoisotopic (exact) mass is 258 g/mol. The van der Waals surface area contributed by atoms with Gasteiger partial charge in [-0.3, -0.25) is 4.79 Å². The van der Waals surface area contributed by atoms with Crippen molar-refractivity contribution >= 4 is 34.5 Å². The van der Waals surface area contributed by atoms with E-state index in [-0.39, 0.29) is 10.9 Å². The molecule has 3 N–H and O–H groups in total. The van der Waals surface area contributed by atoms with E-state index in [0.29, 0.717) is 10.6 Å². The highest BCUT2D eigenvalue weighted by molar-refractivity contribution is 7.80. The molecule has 4 nitrogen and oxygen atoms in total. The average Bonchev–Trinajstić information content (AvgIpc) is 2.64. The molecule has 0 aliphatic rings. The maximum absolute atomic E-state index is 11.8. The molecule has 0 atom stereocenters. The van der Waals surface area contributed by atoms with Gasteiger partial charge in [0.2, 0.25) is 0 Å². The predicted molar refractivity (Wildman–Crippen MR) is 69.2 cm³/mol. The van der Waals surface area contributed by atoms with Crippen LogP contribution in [0.3, 0.4) is 0 Å². The van der Waals surface area contributed by atoms with Gasteiger partial charge < -0.3 is 15.8 Å². The Morgan fingerprint density at radius 3 is 2.69 bits per heavy atom. The smallest absolute Gasteiger partial charge is 0.262 e. The lowest BCUT2D eigenvalue weighted by Crippen LogP contribution is -2.51. The number of nitrogens with two attached hydrogens (primary N) is 1. The van der Waals surface area contributed by atoms with Crippen LogP contribution >= 0.6 is 23.6 Å². The Balaban J connectivity index is 2.76. The van der Waals surface area contributed by atoms with Gasteiger partial charge in [-0.2, -0.15) is 0 Å². The summed E-state index contributed by atoms with van der Waals surface area (Å²) in [5.74, 6) is 0.467. The van der Waals surface area contributed by atoms with E-state index < -0.39 is 5.54 Å². The van der Waals surface area contributed by atoms with Gasteiger partial charge in [0, 0.05) is 11.4 Å². The Morgan fingerprint density at radius 2 is 2.25 bits per heavy atom. The number of hydrogen-bond acceptors (Lipinski definition) is 4. The minimum absolute atomic E-state index is 0.203. The van der Waals surface area contributed by atoms with Crippen molar-refractivity contribution in [1.82, 2.24) is 5.32 Å². The summed E-state index contributed by atoms with van der Waals surface area (Å²) in [6.45, 7) is 3.52. The van der Waals surface area contributed by atoms with Crippen LogP contribution in [0, 0.1) is 0 Å². The van der Waals surface area contributed by atoms with Crippen molar-refractivity contribution in [1.29, 1.82) is 0 Å². The molecule has 0 spiro atoms. The third-order valence-corrected chi connectivity index (χ3v) is 3.49. The Kier molecular flexibility index (Phi) is 3.88. The van der Waals surface area contributed by atoms with E-state index in [9.17, 15) is 4.79 Å². The molecule has 1 aromatic heterocycles. The highest BCUT2D eigenvalue weighted by Crippen LogP contribution is 2.21. The van der Waals surface area contributed by atoms with Crippen LogP contribution in [0.2, 0.25) is 0 Å². The number of methoxy groups -OCH3 is 1. The molecule has 0 aliphatic heterocycles. The first-order valence-electron chi connectivity index (χ1n) is 4.62. The molecule has 16 heavy (non-hydrogen) atoms. The summed E-state index contributed by atoms with van der Waals surface area (Å²) in [4.78, 5) is 12.6. The number of rotatable bonds is 4. The fraction of sp³-hybridized carbons (Fsp3) is 0.400. The number of ether oxygens (including phenoxy) is 1. The molecule has 0 fully saturated rings. The summed E-state index contributed by atoms with van der Waals surface area (Å²) >= 11 is 6.18. The lowest BCUT2D eigenvalue weighted by molar-refractivity contribution is 0.0936. The van der Waals surface area contributed by atoms with Crippen LogP contribution in [-0.2, 0) is 0 Å². The molecule has 0 bridgehead atoms. The normalized spacial score (nSPS) is 10.9. The van der Waals surface area contributed by atoms with Crippen LogP contribution in [-0.4, -0.2) is 23.5 Å². The van der Waals surface area contributed by atoms with E-state index in [1.54, 1.807) is 32.4 Å². The molecule has 0 saturated carbocycles. The Labute approximate surface area is 104 Å². The average molecular weight is 258 g/mol. The summed E-state index contributed by atoms with van der Waals surface area (Å²) in [6.07, 6.45) is 0. The number of carbonyl (C=O) groups is 1. The quantitative estimate of drug-likeness (QED) is 0.804. The Bertz CT molecular complexity index is 413. The second-order valence-corrected chi connectivity index (χ2v) is 5.15. The summed E-state index contributed by atoms with van der Waals surface area (Å²) in [5, 5.41) is 4.53. The van der Waals surface area contributed by atoms with Crippen LogP contribution < -0.4 is 15.8 Å². The van der Waals surface area contributed by atoms with Crippen molar-refractivity contribution in [2.24, 2.45) is 5.73 Å². The number of nitrogens with one attached hydrogen (secondary N) is 1. The van der Waals surface area contributed by atoms with Crippen LogP contribution in [0.15, 0.2) is 11.4 Å². The van der Waals surface area contributed by atoms with E-state index in [1.807, 2.05) is 0 Å². The standard InChI is InChI=1S/C10H14N2O2S2/c1-10(2,9(11)15)12-8(13)7-4-6(14-3)5-16-7/h4-5H,1-3H3,(H2,11,15)(H,12,13). The lowest BCUT2D eigenvalue weighted by atomic mass is 10.1. The first kappa shape index (κ1) is 12.9. The van der Waals surface area contributed by atoms with Crippen LogP contribution in [0.1, 0.15) is 23.5 Å². The Morgan fingerprint density at radius 1 is 1.62 bits per heavy atom. The van der Waals surface area contributed by atoms with Crippen molar-refractivity contribution in [3.05, 3.63) is 16.3 Å². The second-order valence-electron chi connectivity index (χ2n) is 3.79. The second kappa shape index (κ2) is 4.80. The van der Waals surface area contributed by atoms with Crippen LogP contribution in [0.4, 0.5) is 0 Å². The van der Waals surface area contributed by atoms with E-state index in [4.69, 9.17) is 22.7 Å². The van der Waals surface area contributed by atoms with E-state index in [1.165, 1.54) is 11.3 Å². The minimum Gasteiger partial charge on any atom is -0.496 e. The summed E-state index contributed by atoms with van der Waals surface area (Å²) in [7, 11) is 1.56. The van der Waals surface area contributed by atoms with Gasteiger partial charge in [0.05, 0.1) is 22.5 Å². The maximum Gasteiger partial charge on any atom is 0.262 e. The summed E-state index contributed by atoms with van der Waals surface area (Å²) < 4.78 is 5.00. The number of carbonyl (C=O) groups excluding carboxylic acids is 1. The number of hydrogen-bond donors (Lipinski definition) is 2. The van der Waals surface area contributed by atoms with Crippen molar-refractivity contribution < 1.29 is 9.53 Å². The van der Waals surface area contributed by atoms with Gasteiger partial charge in [0.15, 0.2) is 0 Å². The van der Waals surface area contributed by atoms with Gasteiger partial charge in [-0.05, 0) is 13.8 Å². The fourth-order valence-corrected chi connectivity index (χ4v) is 1.75. The molecule has 0 unspecified atom stereocenters.